The van der Waals surface area contributed by atoms with Gasteiger partial charge in [-0.15, -0.1) is 11.3 Å². The Morgan fingerprint density at radius 2 is 2.08 bits per heavy atom. The molecule has 0 aliphatic rings. The predicted molar refractivity (Wildman–Crippen MR) is 50.8 cm³/mol. The van der Waals surface area contributed by atoms with Crippen molar-refractivity contribution >= 4 is 17.1 Å². The Hall–Kier alpha value is -1.48. The van der Waals surface area contributed by atoms with Gasteiger partial charge in [-0.2, -0.15) is 0 Å². The number of thiazole rings is 1. The minimum absolute atomic E-state index is 0.0434. The average molecular weight is 188 g/mol. The first kappa shape index (κ1) is 8.13. The van der Waals surface area contributed by atoms with Crippen molar-refractivity contribution in [3.8, 4) is 0 Å². The van der Waals surface area contributed by atoms with Gasteiger partial charge in [-0.3, -0.25) is 4.79 Å². The summed E-state index contributed by atoms with van der Waals surface area (Å²) in [5, 5.41) is 1.70. The van der Waals surface area contributed by atoms with Crippen molar-refractivity contribution in [1.82, 2.24) is 4.98 Å². The van der Waals surface area contributed by atoms with Gasteiger partial charge >= 0.3 is 0 Å². The lowest BCUT2D eigenvalue weighted by Crippen LogP contribution is -2.00. The lowest BCUT2D eigenvalue weighted by Gasteiger charge is -1.94. The fourth-order valence-corrected chi connectivity index (χ4v) is 1.50. The zero-order valence-corrected chi connectivity index (χ0v) is 7.54. The molecule has 0 bridgehead atoms. The summed E-state index contributed by atoms with van der Waals surface area (Å²) in [4.78, 5) is 15.5. The highest BCUT2D eigenvalue weighted by Crippen LogP contribution is 2.08. The zero-order chi connectivity index (χ0) is 9.10. The third kappa shape index (κ3) is 1.65. The molecule has 1 radical (unpaired) electrons. The SMILES string of the molecule is O=C(c1ccccc1)c1cs[c]n1. The minimum Gasteiger partial charge on any atom is -0.287 e. The maximum absolute atomic E-state index is 11.6. The van der Waals surface area contributed by atoms with E-state index in [4.69, 9.17) is 0 Å². The van der Waals surface area contributed by atoms with E-state index in [9.17, 15) is 4.79 Å². The maximum atomic E-state index is 11.6. The number of benzene rings is 1. The molecule has 2 nitrogen and oxygen atoms in total. The molecule has 13 heavy (non-hydrogen) atoms. The summed E-state index contributed by atoms with van der Waals surface area (Å²) in [6.07, 6.45) is 0. The molecular weight excluding hydrogens is 182 g/mol. The molecule has 2 rings (SSSR count). The molecule has 0 fully saturated rings. The van der Waals surface area contributed by atoms with E-state index in [2.05, 4.69) is 10.5 Å². The first-order valence-electron chi connectivity index (χ1n) is 3.79. The average Bonchev–Trinajstić information content (AvgIpc) is 2.71. The molecule has 2 aromatic rings. The number of nitrogens with zero attached hydrogens (tertiary/aromatic N) is 1. The van der Waals surface area contributed by atoms with Crippen LogP contribution in [0.1, 0.15) is 16.1 Å². The van der Waals surface area contributed by atoms with E-state index in [0.717, 1.165) is 0 Å². The van der Waals surface area contributed by atoms with Gasteiger partial charge in [0.15, 0.2) is 5.51 Å². The Kier molecular flexibility index (Phi) is 2.19. The molecule has 0 unspecified atom stereocenters. The summed E-state index contributed by atoms with van der Waals surface area (Å²) in [6, 6.07) is 9.11. The summed E-state index contributed by atoms with van der Waals surface area (Å²) < 4.78 is 0. The molecule has 1 heterocycles. The van der Waals surface area contributed by atoms with E-state index >= 15 is 0 Å². The zero-order valence-electron chi connectivity index (χ0n) is 6.73. The van der Waals surface area contributed by atoms with E-state index in [1.807, 2.05) is 18.2 Å². The van der Waals surface area contributed by atoms with Gasteiger partial charge in [0, 0.05) is 10.9 Å². The second-order valence-electron chi connectivity index (χ2n) is 2.52. The Balaban J connectivity index is 2.34. The van der Waals surface area contributed by atoms with Gasteiger partial charge in [-0.1, -0.05) is 30.3 Å². The number of hydrogen-bond acceptors (Lipinski definition) is 3. The van der Waals surface area contributed by atoms with Crippen LogP contribution in [-0.2, 0) is 0 Å². The molecule has 0 saturated heterocycles. The quantitative estimate of drug-likeness (QED) is 0.676. The molecule has 0 amide bonds. The topological polar surface area (TPSA) is 30.0 Å². The van der Waals surface area contributed by atoms with Crippen LogP contribution in [0.25, 0.3) is 0 Å². The van der Waals surface area contributed by atoms with Gasteiger partial charge in [0.1, 0.15) is 5.69 Å². The van der Waals surface area contributed by atoms with Crippen LogP contribution in [0.4, 0.5) is 0 Å². The van der Waals surface area contributed by atoms with Crippen LogP contribution < -0.4 is 0 Å². The summed E-state index contributed by atoms with van der Waals surface area (Å²) >= 11 is 1.31. The fourth-order valence-electron chi connectivity index (χ4n) is 1.03. The molecule has 0 spiro atoms. The van der Waals surface area contributed by atoms with E-state index < -0.39 is 0 Å². The Morgan fingerprint density at radius 3 is 2.69 bits per heavy atom. The second-order valence-corrected chi connectivity index (χ2v) is 3.17. The molecular formula is C10H6NOS. The number of rotatable bonds is 2. The van der Waals surface area contributed by atoms with Crippen LogP contribution in [0.3, 0.4) is 0 Å². The summed E-state index contributed by atoms with van der Waals surface area (Å²) in [5.41, 5.74) is 3.79. The van der Waals surface area contributed by atoms with E-state index in [0.29, 0.717) is 11.3 Å². The van der Waals surface area contributed by atoms with E-state index in [1.54, 1.807) is 17.5 Å². The highest BCUT2D eigenvalue weighted by molar-refractivity contribution is 7.07. The van der Waals surface area contributed by atoms with Gasteiger partial charge < -0.3 is 0 Å². The van der Waals surface area contributed by atoms with Gasteiger partial charge in [-0.25, -0.2) is 4.98 Å². The molecule has 0 N–H and O–H groups in total. The van der Waals surface area contributed by atoms with Crippen molar-refractivity contribution in [3.05, 3.63) is 52.5 Å². The third-order valence-electron chi connectivity index (χ3n) is 1.66. The number of carbonyl (C=O) groups excluding carboxylic acids is 1. The molecule has 0 atom stereocenters. The molecule has 63 valence electrons. The standard InChI is InChI=1S/C10H6NOS/c12-10(9-6-13-7-11-9)8-4-2-1-3-5-8/h1-6H. The van der Waals surface area contributed by atoms with Crippen LogP contribution in [0, 0.1) is 5.51 Å². The summed E-state index contributed by atoms with van der Waals surface area (Å²) in [7, 11) is 0. The largest absolute Gasteiger partial charge is 0.287 e. The van der Waals surface area contributed by atoms with Crippen LogP contribution in [0.5, 0.6) is 0 Å². The Labute approximate surface area is 79.9 Å². The third-order valence-corrected chi connectivity index (χ3v) is 2.20. The Bertz CT molecular complexity index is 394. The smallest absolute Gasteiger partial charge is 0.212 e. The molecule has 0 aliphatic carbocycles. The summed E-state index contributed by atoms with van der Waals surface area (Å²) in [6.45, 7) is 0. The van der Waals surface area contributed by atoms with Crippen molar-refractivity contribution in [1.29, 1.82) is 0 Å². The number of hydrogen-bond donors (Lipinski definition) is 0. The highest BCUT2D eigenvalue weighted by Gasteiger charge is 2.09. The van der Waals surface area contributed by atoms with Crippen molar-refractivity contribution < 1.29 is 4.79 Å². The minimum atomic E-state index is -0.0434. The molecule has 1 aromatic carbocycles. The van der Waals surface area contributed by atoms with Crippen molar-refractivity contribution in [2.75, 3.05) is 0 Å². The van der Waals surface area contributed by atoms with Gasteiger partial charge in [0.05, 0.1) is 0 Å². The molecule has 3 heteroatoms. The van der Waals surface area contributed by atoms with Crippen LogP contribution in [0.15, 0.2) is 35.7 Å². The number of carbonyl (C=O) groups is 1. The second kappa shape index (κ2) is 3.49. The van der Waals surface area contributed by atoms with E-state index in [-0.39, 0.29) is 5.78 Å². The van der Waals surface area contributed by atoms with Crippen LogP contribution in [0.2, 0.25) is 0 Å². The van der Waals surface area contributed by atoms with Crippen molar-refractivity contribution in [3.63, 3.8) is 0 Å². The van der Waals surface area contributed by atoms with Gasteiger partial charge in [-0.05, 0) is 0 Å². The predicted octanol–water partition coefficient (Wildman–Crippen LogP) is 2.17. The van der Waals surface area contributed by atoms with Crippen molar-refractivity contribution in [2.45, 2.75) is 0 Å². The molecule has 0 aliphatic heterocycles. The van der Waals surface area contributed by atoms with Gasteiger partial charge in [0.25, 0.3) is 0 Å². The first-order valence-corrected chi connectivity index (χ1v) is 4.67. The Morgan fingerprint density at radius 1 is 1.31 bits per heavy atom. The highest BCUT2D eigenvalue weighted by atomic mass is 32.1. The lowest BCUT2D eigenvalue weighted by molar-refractivity contribution is 0.103. The van der Waals surface area contributed by atoms with Crippen LogP contribution >= 0.6 is 11.3 Å². The number of aromatic nitrogens is 1. The van der Waals surface area contributed by atoms with E-state index in [1.165, 1.54) is 11.3 Å². The van der Waals surface area contributed by atoms with Crippen molar-refractivity contribution in [2.24, 2.45) is 0 Å². The normalized spacial score (nSPS) is 9.85. The fraction of sp³-hybridized carbons (Fsp3) is 0. The maximum Gasteiger partial charge on any atom is 0.212 e. The number of ketones is 1. The van der Waals surface area contributed by atoms with Crippen LogP contribution in [-0.4, -0.2) is 10.8 Å². The lowest BCUT2D eigenvalue weighted by atomic mass is 10.1. The summed E-state index contributed by atoms with van der Waals surface area (Å²) in [5.74, 6) is -0.0434. The monoisotopic (exact) mass is 188 g/mol. The first-order chi connectivity index (χ1) is 6.38. The molecule has 0 saturated carbocycles. The van der Waals surface area contributed by atoms with Gasteiger partial charge in [0.2, 0.25) is 5.78 Å². The molecule has 1 aromatic heterocycles.